The standard InChI is InChI=1S/C19H25FN4S/c1-2-21-19(23-12-10-17-8-5-6-11-22-17)24-13-14-25-15-16-7-3-4-9-18(16)20/h3-9,11H,2,10,12-15H2,1H3,(H2,21,23,24). The van der Waals surface area contributed by atoms with Gasteiger partial charge >= 0.3 is 0 Å². The topological polar surface area (TPSA) is 49.3 Å². The molecule has 0 unspecified atom stereocenters. The van der Waals surface area contributed by atoms with Crippen LogP contribution in [0.4, 0.5) is 4.39 Å². The summed E-state index contributed by atoms with van der Waals surface area (Å²) < 4.78 is 13.5. The summed E-state index contributed by atoms with van der Waals surface area (Å²) in [6.07, 6.45) is 2.66. The van der Waals surface area contributed by atoms with Crippen LogP contribution in [0.25, 0.3) is 0 Å². The minimum absolute atomic E-state index is 0.136. The van der Waals surface area contributed by atoms with Gasteiger partial charge in [-0.1, -0.05) is 24.3 Å². The van der Waals surface area contributed by atoms with Gasteiger partial charge in [-0.05, 0) is 30.7 Å². The molecule has 0 aliphatic heterocycles. The fraction of sp³-hybridized carbons (Fsp3) is 0.368. The average molecular weight is 361 g/mol. The van der Waals surface area contributed by atoms with Crippen molar-refractivity contribution in [3.05, 3.63) is 65.7 Å². The molecule has 0 fully saturated rings. The molecular formula is C19H25FN4S. The molecule has 0 aliphatic rings. The predicted molar refractivity (Wildman–Crippen MR) is 104 cm³/mol. The number of hydrogen-bond acceptors (Lipinski definition) is 3. The van der Waals surface area contributed by atoms with Gasteiger partial charge in [-0.15, -0.1) is 0 Å². The zero-order chi connectivity index (χ0) is 17.7. The third-order valence-corrected chi connectivity index (χ3v) is 4.45. The summed E-state index contributed by atoms with van der Waals surface area (Å²) in [5.41, 5.74) is 1.81. The lowest BCUT2D eigenvalue weighted by Crippen LogP contribution is -2.38. The molecule has 0 amide bonds. The SMILES string of the molecule is CCNC(=NCCSCc1ccccc1F)NCCc1ccccn1. The van der Waals surface area contributed by atoms with Crippen LogP contribution in [0, 0.1) is 5.82 Å². The van der Waals surface area contributed by atoms with Crippen molar-refractivity contribution < 1.29 is 4.39 Å². The van der Waals surface area contributed by atoms with Crippen LogP contribution in [-0.2, 0) is 12.2 Å². The van der Waals surface area contributed by atoms with E-state index in [9.17, 15) is 4.39 Å². The average Bonchev–Trinajstić information content (AvgIpc) is 2.64. The van der Waals surface area contributed by atoms with E-state index in [1.165, 1.54) is 6.07 Å². The Morgan fingerprint density at radius 2 is 2.00 bits per heavy atom. The molecule has 0 saturated carbocycles. The molecule has 2 aromatic rings. The monoisotopic (exact) mass is 360 g/mol. The van der Waals surface area contributed by atoms with Crippen molar-refractivity contribution in [3.8, 4) is 0 Å². The Kier molecular flexibility index (Phi) is 8.83. The van der Waals surface area contributed by atoms with E-state index in [0.29, 0.717) is 12.3 Å². The number of guanidine groups is 1. The largest absolute Gasteiger partial charge is 0.357 e. The predicted octanol–water partition coefficient (Wildman–Crippen LogP) is 3.25. The molecule has 0 aliphatic carbocycles. The van der Waals surface area contributed by atoms with E-state index < -0.39 is 0 Å². The Balaban J connectivity index is 1.69. The van der Waals surface area contributed by atoms with Crippen LogP contribution < -0.4 is 10.6 Å². The third kappa shape index (κ3) is 7.56. The molecular weight excluding hydrogens is 335 g/mol. The summed E-state index contributed by atoms with van der Waals surface area (Å²) >= 11 is 1.69. The highest BCUT2D eigenvalue weighted by atomic mass is 32.2. The van der Waals surface area contributed by atoms with E-state index in [2.05, 4.69) is 20.6 Å². The van der Waals surface area contributed by atoms with Crippen molar-refractivity contribution in [1.82, 2.24) is 15.6 Å². The molecule has 1 heterocycles. The summed E-state index contributed by atoms with van der Waals surface area (Å²) in [6, 6.07) is 12.8. The number of thioether (sulfide) groups is 1. The fourth-order valence-electron chi connectivity index (χ4n) is 2.22. The molecule has 1 aromatic carbocycles. The second kappa shape index (κ2) is 11.5. The molecule has 25 heavy (non-hydrogen) atoms. The van der Waals surface area contributed by atoms with Crippen LogP contribution in [0.5, 0.6) is 0 Å². The Morgan fingerprint density at radius 1 is 1.16 bits per heavy atom. The van der Waals surface area contributed by atoms with E-state index in [1.54, 1.807) is 24.0 Å². The Morgan fingerprint density at radius 3 is 2.76 bits per heavy atom. The first-order chi connectivity index (χ1) is 12.3. The van der Waals surface area contributed by atoms with E-state index in [0.717, 1.165) is 42.5 Å². The molecule has 134 valence electrons. The lowest BCUT2D eigenvalue weighted by atomic mass is 10.2. The van der Waals surface area contributed by atoms with Gasteiger partial charge in [0.15, 0.2) is 5.96 Å². The molecule has 0 atom stereocenters. The van der Waals surface area contributed by atoms with Gasteiger partial charge in [0.2, 0.25) is 0 Å². The number of halogens is 1. The molecule has 6 heteroatoms. The zero-order valence-electron chi connectivity index (χ0n) is 14.5. The van der Waals surface area contributed by atoms with Crippen molar-refractivity contribution in [1.29, 1.82) is 0 Å². The maximum atomic E-state index is 13.5. The summed E-state index contributed by atoms with van der Waals surface area (Å²) in [7, 11) is 0. The number of rotatable bonds is 9. The van der Waals surface area contributed by atoms with Crippen molar-refractivity contribution in [3.63, 3.8) is 0 Å². The first kappa shape index (κ1) is 19.2. The highest BCUT2D eigenvalue weighted by Gasteiger charge is 2.01. The summed E-state index contributed by atoms with van der Waals surface area (Å²) in [6.45, 7) is 4.34. The molecule has 1 aromatic heterocycles. The van der Waals surface area contributed by atoms with Gasteiger partial charge in [-0.3, -0.25) is 9.98 Å². The second-order valence-electron chi connectivity index (χ2n) is 5.40. The maximum absolute atomic E-state index is 13.5. The highest BCUT2D eigenvalue weighted by molar-refractivity contribution is 7.98. The van der Waals surface area contributed by atoms with Gasteiger partial charge in [0, 0.05) is 42.9 Å². The van der Waals surface area contributed by atoms with Gasteiger partial charge in [0.05, 0.1) is 6.54 Å². The number of hydrogen-bond donors (Lipinski definition) is 2. The second-order valence-corrected chi connectivity index (χ2v) is 6.51. The lowest BCUT2D eigenvalue weighted by Gasteiger charge is -2.11. The van der Waals surface area contributed by atoms with Crippen molar-refractivity contribution in [2.45, 2.75) is 19.1 Å². The van der Waals surface area contributed by atoms with Gasteiger partial charge < -0.3 is 10.6 Å². The van der Waals surface area contributed by atoms with Gasteiger partial charge in [0.25, 0.3) is 0 Å². The Labute approximate surface area is 153 Å². The number of nitrogens with one attached hydrogen (secondary N) is 2. The smallest absolute Gasteiger partial charge is 0.191 e. The van der Waals surface area contributed by atoms with Crippen molar-refractivity contribution in [2.24, 2.45) is 4.99 Å². The number of benzene rings is 1. The fourth-order valence-corrected chi connectivity index (χ4v) is 3.04. The van der Waals surface area contributed by atoms with Crippen LogP contribution in [0.3, 0.4) is 0 Å². The summed E-state index contributed by atoms with van der Waals surface area (Å²) in [4.78, 5) is 8.87. The molecule has 0 spiro atoms. The maximum Gasteiger partial charge on any atom is 0.191 e. The van der Waals surface area contributed by atoms with E-state index in [1.807, 2.05) is 37.3 Å². The summed E-state index contributed by atoms with van der Waals surface area (Å²) in [5, 5.41) is 6.55. The number of nitrogens with zero attached hydrogens (tertiary/aromatic N) is 2. The van der Waals surface area contributed by atoms with Crippen LogP contribution in [0.1, 0.15) is 18.2 Å². The van der Waals surface area contributed by atoms with Gasteiger partial charge in [-0.25, -0.2) is 4.39 Å². The molecule has 0 radical (unpaired) electrons. The van der Waals surface area contributed by atoms with Crippen LogP contribution in [0.2, 0.25) is 0 Å². The summed E-state index contributed by atoms with van der Waals surface area (Å²) in [5.74, 6) is 2.20. The minimum atomic E-state index is -0.136. The van der Waals surface area contributed by atoms with Gasteiger partial charge in [-0.2, -0.15) is 11.8 Å². The first-order valence-electron chi connectivity index (χ1n) is 8.53. The lowest BCUT2D eigenvalue weighted by molar-refractivity contribution is 0.617. The molecule has 0 saturated heterocycles. The number of pyridine rings is 1. The zero-order valence-corrected chi connectivity index (χ0v) is 15.4. The van der Waals surface area contributed by atoms with Crippen molar-refractivity contribution in [2.75, 3.05) is 25.4 Å². The molecule has 2 rings (SSSR count). The van der Waals surface area contributed by atoms with Gasteiger partial charge in [0.1, 0.15) is 5.82 Å². The normalized spacial score (nSPS) is 11.4. The number of aliphatic imine (C=N–C) groups is 1. The highest BCUT2D eigenvalue weighted by Crippen LogP contribution is 2.14. The Hall–Kier alpha value is -2.08. The Bertz CT molecular complexity index is 649. The minimum Gasteiger partial charge on any atom is -0.357 e. The number of aromatic nitrogens is 1. The first-order valence-corrected chi connectivity index (χ1v) is 9.68. The van der Waals surface area contributed by atoms with Crippen LogP contribution in [-0.4, -0.2) is 36.3 Å². The van der Waals surface area contributed by atoms with Crippen LogP contribution >= 0.6 is 11.8 Å². The van der Waals surface area contributed by atoms with E-state index in [4.69, 9.17) is 0 Å². The molecule has 4 nitrogen and oxygen atoms in total. The van der Waals surface area contributed by atoms with E-state index in [-0.39, 0.29) is 5.82 Å². The quantitative estimate of drug-likeness (QED) is 0.409. The van der Waals surface area contributed by atoms with Crippen molar-refractivity contribution >= 4 is 17.7 Å². The van der Waals surface area contributed by atoms with E-state index >= 15 is 0 Å². The molecule has 0 bridgehead atoms. The third-order valence-electron chi connectivity index (χ3n) is 3.46. The van der Waals surface area contributed by atoms with Crippen LogP contribution in [0.15, 0.2) is 53.7 Å². The molecule has 2 N–H and O–H groups in total.